The number of carbonyl (C=O) groups excluding carboxylic acids is 2. The van der Waals surface area contributed by atoms with E-state index in [1.807, 2.05) is 13.8 Å². The number of hydrogen-bond donors (Lipinski definition) is 4. The molecule has 0 atom stereocenters. The minimum atomic E-state index is -4.53. The van der Waals surface area contributed by atoms with Gasteiger partial charge in [0.2, 0.25) is 0 Å². The molecule has 0 aromatic carbocycles. The highest BCUT2D eigenvalue weighted by atomic mass is 32.2. The summed E-state index contributed by atoms with van der Waals surface area (Å²) in [6.45, 7) is 11.0. The Bertz CT molecular complexity index is 1780. The Balaban J connectivity index is 1.84. The molecule has 0 spiro atoms. The second-order valence-corrected chi connectivity index (χ2v) is 14.4. The summed E-state index contributed by atoms with van der Waals surface area (Å²) in [5.41, 5.74) is 9.22. The number of aromatic amines is 2. The van der Waals surface area contributed by atoms with Crippen LogP contribution in [0.3, 0.4) is 0 Å². The minimum absolute atomic E-state index is 0.0641. The van der Waals surface area contributed by atoms with Crippen molar-refractivity contribution in [2.45, 2.75) is 73.6 Å². The maximum atomic E-state index is 12.3. The van der Waals surface area contributed by atoms with E-state index in [1.54, 1.807) is 39.8 Å². The number of hydrogen-bond acceptors (Lipinski definition) is 8. The third kappa shape index (κ3) is 7.57. The van der Waals surface area contributed by atoms with E-state index in [2.05, 4.69) is 20.6 Å². The van der Waals surface area contributed by atoms with Crippen molar-refractivity contribution in [1.29, 1.82) is 0 Å². The molecule has 12 nitrogen and oxygen atoms in total. The molecule has 0 bridgehead atoms. The molecule has 244 valence electrons. The zero-order chi connectivity index (χ0) is 33.4. The van der Waals surface area contributed by atoms with Gasteiger partial charge >= 0.3 is 0 Å². The van der Waals surface area contributed by atoms with Crippen molar-refractivity contribution >= 4 is 44.2 Å². The summed E-state index contributed by atoms with van der Waals surface area (Å²) >= 11 is 0. The standard InChI is InChI=1S/C31H40N4O8S2/c1-7-20-18(5)30(36)34-26(20)13-24-16(3)22(9-11-44(38,39)40)28(32-24)15-29-23(10-12-45(41,42)43)17(4)25(33-29)14-27-21(8-2)19(6)31(37)35-27/h13-14,32-33H,7-12,15H2,1-6H3,(H,34,36)(H,35,37)(H,38,39,40)(H,41,42,43)/p-2/b26-13-,27-14-. The van der Waals surface area contributed by atoms with Gasteiger partial charge in [0.15, 0.2) is 0 Å². The molecule has 2 aromatic rings. The second-order valence-electron chi connectivity index (χ2n) is 11.4. The van der Waals surface area contributed by atoms with Gasteiger partial charge in [-0.3, -0.25) is 9.59 Å². The molecular weight excluding hydrogens is 620 g/mol. The van der Waals surface area contributed by atoms with Gasteiger partial charge in [-0.2, -0.15) is 0 Å². The number of aromatic nitrogens is 2. The van der Waals surface area contributed by atoms with Crippen LogP contribution in [0.5, 0.6) is 0 Å². The first-order chi connectivity index (χ1) is 20.9. The van der Waals surface area contributed by atoms with Crippen LogP contribution in [0.15, 0.2) is 33.7 Å². The first kappa shape index (κ1) is 34.2. The van der Waals surface area contributed by atoms with Crippen molar-refractivity contribution in [2.75, 3.05) is 11.5 Å². The molecule has 45 heavy (non-hydrogen) atoms. The summed E-state index contributed by atoms with van der Waals surface area (Å²) in [5, 5.41) is 5.73. The Morgan fingerprint density at radius 2 is 1.00 bits per heavy atom. The lowest BCUT2D eigenvalue weighted by molar-refractivity contribution is -0.117. The molecule has 0 saturated carbocycles. The van der Waals surface area contributed by atoms with Crippen LogP contribution in [-0.4, -0.2) is 59.2 Å². The fraction of sp³-hybridized carbons (Fsp3) is 0.419. The molecule has 2 aromatic heterocycles. The largest absolute Gasteiger partial charge is 0.748 e. The first-order valence-electron chi connectivity index (χ1n) is 14.7. The molecule has 2 amide bonds. The van der Waals surface area contributed by atoms with Gasteiger partial charge < -0.3 is 29.7 Å². The third-order valence-corrected chi connectivity index (χ3v) is 10.00. The number of rotatable bonds is 12. The summed E-state index contributed by atoms with van der Waals surface area (Å²) in [6, 6.07) is 0. The Morgan fingerprint density at radius 1 is 0.644 bits per heavy atom. The Hall–Kier alpha value is -3.72. The van der Waals surface area contributed by atoms with Gasteiger partial charge in [0.1, 0.15) is 0 Å². The van der Waals surface area contributed by atoms with E-state index in [0.29, 0.717) is 80.4 Å². The highest BCUT2D eigenvalue weighted by Crippen LogP contribution is 2.32. The predicted molar refractivity (Wildman–Crippen MR) is 169 cm³/mol. The van der Waals surface area contributed by atoms with E-state index >= 15 is 0 Å². The number of amides is 2. The normalized spacial score (nSPS) is 17.8. The van der Waals surface area contributed by atoms with E-state index in [0.717, 1.165) is 11.1 Å². The summed E-state index contributed by atoms with van der Waals surface area (Å²) in [4.78, 5) is 31.4. The van der Waals surface area contributed by atoms with Crippen LogP contribution >= 0.6 is 0 Å². The van der Waals surface area contributed by atoms with Gasteiger partial charge in [-0.1, -0.05) is 13.8 Å². The van der Waals surface area contributed by atoms with E-state index in [1.165, 1.54) is 0 Å². The average molecular weight is 659 g/mol. The maximum Gasteiger partial charge on any atom is 0.251 e. The molecule has 0 fully saturated rings. The summed E-state index contributed by atoms with van der Waals surface area (Å²) in [5.74, 6) is -1.65. The number of carbonyl (C=O) groups is 2. The lowest BCUT2D eigenvalue weighted by atomic mass is 10.00. The van der Waals surface area contributed by atoms with Crippen molar-refractivity contribution in [3.63, 3.8) is 0 Å². The van der Waals surface area contributed by atoms with E-state index in [-0.39, 0.29) is 31.1 Å². The van der Waals surface area contributed by atoms with Crippen LogP contribution in [0, 0.1) is 13.8 Å². The lowest BCUT2D eigenvalue weighted by Crippen LogP contribution is -2.15. The fourth-order valence-corrected chi connectivity index (χ4v) is 6.96. The van der Waals surface area contributed by atoms with Crippen molar-refractivity contribution < 1.29 is 35.5 Å². The Labute approximate surface area is 263 Å². The van der Waals surface area contributed by atoms with Crippen molar-refractivity contribution in [1.82, 2.24) is 20.6 Å². The van der Waals surface area contributed by atoms with Crippen molar-refractivity contribution in [2.24, 2.45) is 0 Å². The van der Waals surface area contributed by atoms with E-state index in [4.69, 9.17) is 0 Å². The lowest BCUT2D eigenvalue weighted by Gasteiger charge is -2.11. The topological polar surface area (TPSA) is 204 Å². The Morgan fingerprint density at radius 3 is 1.31 bits per heavy atom. The zero-order valence-corrected chi connectivity index (χ0v) is 27.8. The molecule has 0 saturated heterocycles. The van der Waals surface area contributed by atoms with Crippen LogP contribution in [0.25, 0.3) is 12.2 Å². The monoisotopic (exact) mass is 658 g/mol. The van der Waals surface area contributed by atoms with E-state index in [9.17, 15) is 35.5 Å². The molecule has 0 aliphatic carbocycles. The van der Waals surface area contributed by atoms with Gasteiger partial charge in [0.05, 0.1) is 20.2 Å². The fourth-order valence-electron chi connectivity index (χ4n) is 6.05. The summed E-state index contributed by atoms with van der Waals surface area (Å²) in [6.07, 6.45) is 4.84. The third-order valence-electron chi connectivity index (χ3n) is 8.59. The van der Waals surface area contributed by atoms with Crippen LogP contribution in [0.1, 0.15) is 85.6 Å². The molecule has 4 heterocycles. The van der Waals surface area contributed by atoms with Gasteiger partial charge in [0.25, 0.3) is 11.8 Å². The van der Waals surface area contributed by atoms with Crippen LogP contribution in [0.2, 0.25) is 0 Å². The number of nitrogens with one attached hydrogen (secondary N) is 4. The van der Waals surface area contributed by atoms with Crippen LogP contribution in [-0.2, 0) is 49.1 Å². The first-order valence-corrected chi connectivity index (χ1v) is 17.8. The molecule has 2 aliphatic heterocycles. The van der Waals surface area contributed by atoms with Gasteiger partial charge in [0, 0.05) is 63.2 Å². The molecule has 2 aliphatic rings. The van der Waals surface area contributed by atoms with Gasteiger partial charge in [-0.25, -0.2) is 16.8 Å². The summed E-state index contributed by atoms with van der Waals surface area (Å²) < 4.78 is 69.6. The molecule has 4 rings (SSSR count). The smallest absolute Gasteiger partial charge is 0.251 e. The second kappa shape index (κ2) is 12.9. The SMILES string of the molecule is CCC1=C(C)C(=O)N/C1=C\c1[nH]c(Cc2[nH]c(/C=C3\NC(=O)C(C)=C3CC)c(C)c2CCS(=O)(=O)[O-])c(CCS(=O)(=O)[O-])c1C. The summed E-state index contributed by atoms with van der Waals surface area (Å²) in [7, 11) is -9.07. The highest BCUT2D eigenvalue weighted by Gasteiger charge is 2.26. The molecule has 0 unspecified atom stereocenters. The van der Waals surface area contributed by atoms with Crippen molar-refractivity contribution in [3.8, 4) is 0 Å². The molecule has 4 N–H and O–H groups in total. The van der Waals surface area contributed by atoms with Crippen LogP contribution < -0.4 is 10.6 Å². The van der Waals surface area contributed by atoms with Gasteiger partial charge in [-0.05, 0) is 98.9 Å². The zero-order valence-electron chi connectivity index (χ0n) is 26.2. The number of allylic oxidation sites excluding steroid dienone is 2. The molecule has 14 heteroatoms. The highest BCUT2D eigenvalue weighted by molar-refractivity contribution is 7.85. The molecule has 0 radical (unpaired) electrons. The average Bonchev–Trinajstić information content (AvgIpc) is 3.58. The quantitative estimate of drug-likeness (QED) is 0.249. The van der Waals surface area contributed by atoms with Crippen molar-refractivity contribution in [3.05, 3.63) is 78.7 Å². The van der Waals surface area contributed by atoms with E-state index < -0.39 is 31.7 Å². The predicted octanol–water partition coefficient (Wildman–Crippen LogP) is 3.12. The van der Waals surface area contributed by atoms with Crippen LogP contribution in [0.4, 0.5) is 0 Å². The maximum absolute atomic E-state index is 12.3. The minimum Gasteiger partial charge on any atom is -0.748 e. The number of H-pyrrole nitrogens is 2. The van der Waals surface area contributed by atoms with Gasteiger partial charge in [-0.15, -0.1) is 0 Å². The molecular formula is C31H38N4O8S2-2. The Kier molecular flexibility index (Phi) is 9.83.